The van der Waals surface area contributed by atoms with Crippen molar-refractivity contribution in [3.8, 4) is 6.07 Å². The van der Waals surface area contributed by atoms with Gasteiger partial charge in [0.25, 0.3) is 0 Å². The predicted molar refractivity (Wildman–Crippen MR) is 211 cm³/mol. The number of likely N-dealkylation sites (tertiary alicyclic amines) is 1. The number of nitriles is 1. The molecule has 0 radical (unpaired) electrons. The van der Waals surface area contributed by atoms with E-state index in [9.17, 15) is 5.26 Å². The zero-order chi connectivity index (χ0) is 37.0. The van der Waals surface area contributed by atoms with Crippen molar-refractivity contribution in [2.24, 2.45) is 0 Å². The summed E-state index contributed by atoms with van der Waals surface area (Å²) in [4.78, 5) is 11.0. The Bertz CT molecular complexity index is 2120. The summed E-state index contributed by atoms with van der Waals surface area (Å²) in [5.74, 6) is -0.591. The first-order chi connectivity index (χ1) is 25.5. The minimum atomic E-state index is -0.591. The zero-order valence-corrected chi connectivity index (χ0v) is 32.7. The maximum absolute atomic E-state index is 15.3. The van der Waals surface area contributed by atoms with Gasteiger partial charge in [0.15, 0.2) is 5.82 Å². The molecule has 4 N–H and O–H groups in total. The number of ether oxygens (including phenoxy) is 1. The molecule has 0 spiro atoms. The van der Waals surface area contributed by atoms with Gasteiger partial charge >= 0.3 is 0 Å². The number of halogens is 3. The lowest BCUT2D eigenvalue weighted by molar-refractivity contribution is -0.0691. The Kier molecular flexibility index (Phi) is 9.95. The van der Waals surface area contributed by atoms with Gasteiger partial charge < -0.3 is 20.8 Å². The number of hydrogen-bond acceptors (Lipinski definition) is 11. The number of aromatic nitrogens is 1. The van der Waals surface area contributed by atoms with E-state index in [1.807, 2.05) is 23.5 Å². The highest BCUT2D eigenvalue weighted by molar-refractivity contribution is 7.10. The number of nitrogens with zero attached hydrogens (tertiary/aromatic N) is 5. The molecule has 4 aliphatic heterocycles. The second-order valence-corrected chi connectivity index (χ2v) is 17.1. The van der Waals surface area contributed by atoms with Crippen molar-refractivity contribution in [2.45, 2.75) is 77.2 Å². The van der Waals surface area contributed by atoms with Crippen molar-refractivity contribution in [3.05, 3.63) is 90.7 Å². The van der Waals surface area contributed by atoms with E-state index >= 15 is 4.39 Å². The van der Waals surface area contributed by atoms with E-state index in [-0.39, 0.29) is 27.9 Å². The van der Waals surface area contributed by atoms with Crippen molar-refractivity contribution >= 4 is 62.5 Å². The number of pyridine rings is 1. The molecule has 0 unspecified atom stereocenters. The average Bonchev–Trinajstić information content (AvgIpc) is 3.78. The molecule has 14 heteroatoms. The zero-order valence-electron chi connectivity index (χ0n) is 30.3. The fourth-order valence-electron chi connectivity index (χ4n) is 7.79. The molecular weight excluding hydrogens is 732 g/mol. The summed E-state index contributed by atoms with van der Waals surface area (Å²) in [6.07, 6.45) is 6.72. The van der Waals surface area contributed by atoms with E-state index in [0.29, 0.717) is 39.3 Å². The van der Waals surface area contributed by atoms with Crippen molar-refractivity contribution < 1.29 is 9.13 Å². The van der Waals surface area contributed by atoms with Gasteiger partial charge in [0.05, 0.1) is 63.5 Å². The van der Waals surface area contributed by atoms with Crippen LogP contribution in [0.5, 0.6) is 0 Å². The normalized spacial score (nSPS) is 19.4. The molecular formula is C39H44Cl2FN9OS. The van der Waals surface area contributed by atoms with Crippen LogP contribution in [0.4, 0.5) is 21.5 Å². The lowest BCUT2D eigenvalue weighted by Gasteiger charge is -2.42. The van der Waals surface area contributed by atoms with Crippen molar-refractivity contribution in [1.29, 1.82) is 5.26 Å². The van der Waals surface area contributed by atoms with Gasteiger partial charge in [-0.1, -0.05) is 29.3 Å². The van der Waals surface area contributed by atoms with Crippen LogP contribution >= 0.6 is 34.5 Å². The van der Waals surface area contributed by atoms with Crippen LogP contribution in [-0.2, 0) is 17.7 Å². The van der Waals surface area contributed by atoms with E-state index in [2.05, 4.69) is 79.8 Å². The van der Waals surface area contributed by atoms with E-state index in [1.165, 1.54) is 22.2 Å². The summed E-state index contributed by atoms with van der Waals surface area (Å²) >= 11 is 15.0. The van der Waals surface area contributed by atoms with Gasteiger partial charge in [-0.05, 0) is 87.2 Å². The Labute approximate surface area is 323 Å². The number of piperidine rings is 1. The Morgan fingerprint density at radius 2 is 1.92 bits per heavy atom. The second kappa shape index (κ2) is 14.5. The number of hydrogen-bond donors (Lipinski definition) is 4. The Balaban J connectivity index is 1.15. The van der Waals surface area contributed by atoms with Crippen LogP contribution in [0.3, 0.4) is 0 Å². The second-order valence-electron chi connectivity index (χ2n) is 15.4. The van der Waals surface area contributed by atoms with E-state index in [4.69, 9.17) is 27.9 Å². The number of fused-ring (bicyclic) bond motifs is 2. The molecule has 2 aromatic carbocycles. The first kappa shape index (κ1) is 36.3. The third-order valence-corrected chi connectivity index (χ3v) is 12.9. The molecule has 4 aliphatic rings. The Hall–Kier alpha value is -3.67. The van der Waals surface area contributed by atoms with Crippen LogP contribution in [0.1, 0.15) is 66.8 Å². The molecule has 4 aromatic rings. The number of benzene rings is 2. The molecule has 278 valence electrons. The molecule has 2 saturated heterocycles. The molecule has 1 atom stereocenters. The molecule has 53 heavy (non-hydrogen) atoms. The molecule has 0 aliphatic carbocycles. The molecule has 2 aromatic heterocycles. The maximum Gasteiger partial charge on any atom is 0.165 e. The van der Waals surface area contributed by atoms with Crippen molar-refractivity contribution in [1.82, 2.24) is 30.8 Å². The maximum atomic E-state index is 15.3. The van der Waals surface area contributed by atoms with Crippen molar-refractivity contribution in [2.75, 3.05) is 43.5 Å². The van der Waals surface area contributed by atoms with Gasteiger partial charge in [-0.15, -0.1) is 16.9 Å². The minimum absolute atomic E-state index is 0.0260. The number of rotatable bonds is 8. The lowest BCUT2D eigenvalue weighted by Crippen LogP contribution is -2.52. The summed E-state index contributed by atoms with van der Waals surface area (Å²) in [7, 11) is 0. The van der Waals surface area contributed by atoms with Gasteiger partial charge in [0.2, 0.25) is 0 Å². The third-order valence-electron chi connectivity index (χ3n) is 11.1. The van der Waals surface area contributed by atoms with Crippen molar-refractivity contribution in [3.63, 3.8) is 0 Å². The molecule has 0 bridgehead atoms. The highest BCUT2D eigenvalue weighted by Gasteiger charge is 2.35. The van der Waals surface area contributed by atoms with Crippen LogP contribution < -0.4 is 21.6 Å². The van der Waals surface area contributed by atoms with Crippen LogP contribution in [0, 0.1) is 24.1 Å². The molecule has 8 rings (SSSR count). The molecule has 10 nitrogen and oxygen atoms in total. The Morgan fingerprint density at radius 3 is 2.64 bits per heavy atom. The predicted octanol–water partition coefficient (Wildman–Crippen LogP) is 8.01. The van der Waals surface area contributed by atoms with Gasteiger partial charge in [0.1, 0.15) is 6.07 Å². The molecule has 0 saturated carbocycles. The number of thiophene rings is 1. The number of hydrazine groups is 2. The highest BCUT2D eigenvalue weighted by Crippen LogP contribution is 2.41. The Morgan fingerprint density at radius 1 is 1.13 bits per heavy atom. The quantitative estimate of drug-likeness (QED) is 0.141. The average molecular weight is 777 g/mol. The van der Waals surface area contributed by atoms with Crippen LogP contribution in [0.2, 0.25) is 10.0 Å². The highest BCUT2D eigenvalue weighted by atomic mass is 35.5. The summed E-state index contributed by atoms with van der Waals surface area (Å²) in [6, 6.07) is 9.95. The number of aryl methyl sites for hydroxylation is 1. The molecule has 2 fully saturated rings. The fourth-order valence-corrected chi connectivity index (χ4v) is 9.38. The minimum Gasteiger partial charge on any atom is -0.378 e. The van der Waals surface area contributed by atoms with Gasteiger partial charge in [-0.25, -0.2) is 4.39 Å². The molecule has 0 amide bonds. The van der Waals surface area contributed by atoms with E-state index < -0.39 is 5.82 Å². The number of anilines is 3. The largest absolute Gasteiger partial charge is 0.378 e. The van der Waals surface area contributed by atoms with Gasteiger partial charge in [-0.2, -0.15) is 5.26 Å². The summed E-state index contributed by atoms with van der Waals surface area (Å²) in [5.41, 5.74) is 13.4. The van der Waals surface area contributed by atoms with E-state index in [1.54, 1.807) is 19.1 Å². The molecule has 6 heterocycles. The lowest BCUT2D eigenvalue weighted by atomic mass is 9.95. The topological polar surface area (TPSA) is 104 Å². The van der Waals surface area contributed by atoms with E-state index in [0.717, 1.165) is 70.0 Å². The standard InChI is InChI=1S/C39H44Cl2FN9OS/c1-22-5-6-31(35(42)34(22)41)46-36-23(15-43)16-44-37-28(36)13-24(14-30(37)40)45-38(29-21-53-33-18-49(10-9-27(29)33)26-19-52-20-26)32-17-51(48-47-32)25-7-11-50(12-8-25)39(2,3)4/h5-6,13-14,16-17,21,25-26,38,45,47-48H,7-12,18-20H2,1-4H3,(H,44,46)/t38-/m0/s1. The fraction of sp³-hybridized carbons (Fsp3) is 0.436. The summed E-state index contributed by atoms with van der Waals surface area (Å²) < 4.78 is 20.9. The smallest absolute Gasteiger partial charge is 0.165 e. The number of nitrogens with one attached hydrogen (secondary N) is 4. The van der Waals surface area contributed by atoms with Crippen LogP contribution in [-0.4, -0.2) is 70.3 Å². The third kappa shape index (κ3) is 7.05. The summed E-state index contributed by atoms with van der Waals surface area (Å²) in [5, 5.41) is 22.6. The van der Waals surface area contributed by atoms with Crippen LogP contribution in [0.25, 0.3) is 10.9 Å². The first-order valence-electron chi connectivity index (χ1n) is 18.2. The first-order valence-corrected chi connectivity index (χ1v) is 19.8. The van der Waals surface area contributed by atoms with Gasteiger partial charge in [-0.3, -0.25) is 19.8 Å². The SMILES string of the molecule is Cc1ccc(Nc2c(C#N)cnc3c(Cl)cc(N[C@H](C4=CN(C5CCN(C(C)(C)C)CC5)NN4)c4csc5c4CCN(C4COC4)C5)cc23)c(F)c1Cl. The van der Waals surface area contributed by atoms with Gasteiger partial charge in [0, 0.05) is 66.1 Å². The van der Waals surface area contributed by atoms with Crippen LogP contribution in [0.15, 0.2) is 47.7 Å². The monoisotopic (exact) mass is 775 g/mol. The summed E-state index contributed by atoms with van der Waals surface area (Å²) in [6.45, 7) is 14.2.